The molecular formula is C17H17N3O2. The van der Waals surface area contributed by atoms with E-state index in [0.717, 1.165) is 5.56 Å². The second kappa shape index (κ2) is 6.64. The number of rotatable bonds is 4. The van der Waals surface area contributed by atoms with E-state index in [0.29, 0.717) is 22.7 Å². The van der Waals surface area contributed by atoms with Crippen LogP contribution in [0.15, 0.2) is 42.5 Å². The number of hydrogen-bond donors (Lipinski definition) is 2. The molecular weight excluding hydrogens is 278 g/mol. The summed E-state index contributed by atoms with van der Waals surface area (Å²) in [6, 6.07) is 13.9. The van der Waals surface area contributed by atoms with E-state index >= 15 is 0 Å². The third kappa shape index (κ3) is 3.76. The van der Waals surface area contributed by atoms with Gasteiger partial charge in [-0.15, -0.1) is 0 Å². The summed E-state index contributed by atoms with van der Waals surface area (Å²) < 4.78 is 5.57. The molecule has 1 unspecified atom stereocenters. The second-order valence-electron chi connectivity index (χ2n) is 4.96. The van der Waals surface area contributed by atoms with Gasteiger partial charge >= 0.3 is 0 Å². The lowest BCUT2D eigenvalue weighted by molar-refractivity contribution is -0.122. The molecule has 0 heterocycles. The number of carbonyl (C=O) groups is 1. The molecule has 0 bridgehead atoms. The third-order valence-corrected chi connectivity index (χ3v) is 3.17. The van der Waals surface area contributed by atoms with Crippen LogP contribution in [0.2, 0.25) is 0 Å². The van der Waals surface area contributed by atoms with Crippen LogP contribution in [0.5, 0.6) is 5.75 Å². The van der Waals surface area contributed by atoms with Gasteiger partial charge in [-0.25, -0.2) is 0 Å². The molecule has 0 aromatic heterocycles. The molecule has 2 aromatic rings. The number of nitriles is 1. The summed E-state index contributed by atoms with van der Waals surface area (Å²) in [6.07, 6.45) is -0.662. The van der Waals surface area contributed by atoms with Gasteiger partial charge in [-0.1, -0.05) is 0 Å². The standard InChI is InChI=1S/C17H17N3O2/c1-11-9-14(19)5-8-16(11)20-17(21)12(2)22-15-6-3-13(10-18)4-7-15/h3-9,12H,19H2,1-2H3,(H,20,21). The van der Waals surface area contributed by atoms with Crippen LogP contribution in [0.1, 0.15) is 18.1 Å². The number of nitrogens with one attached hydrogen (secondary N) is 1. The molecule has 0 fully saturated rings. The van der Waals surface area contributed by atoms with Crippen molar-refractivity contribution in [1.82, 2.24) is 0 Å². The first-order valence-corrected chi connectivity index (χ1v) is 6.83. The predicted octanol–water partition coefficient (Wildman–Crippen LogP) is 2.85. The summed E-state index contributed by atoms with van der Waals surface area (Å²) >= 11 is 0. The van der Waals surface area contributed by atoms with Crippen molar-refractivity contribution in [2.75, 3.05) is 11.1 Å². The van der Waals surface area contributed by atoms with Crippen LogP contribution in [-0.4, -0.2) is 12.0 Å². The topological polar surface area (TPSA) is 88.1 Å². The Bertz CT molecular complexity index is 718. The van der Waals surface area contributed by atoms with Gasteiger partial charge in [0, 0.05) is 11.4 Å². The van der Waals surface area contributed by atoms with Gasteiger partial charge in [-0.05, 0) is 61.9 Å². The van der Waals surface area contributed by atoms with Gasteiger partial charge in [0.15, 0.2) is 6.10 Å². The highest BCUT2D eigenvalue weighted by Crippen LogP contribution is 2.19. The van der Waals surface area contributed by atoms with E-state index in [2.05, 4.69) is 5.32 Å². The summed E-state index contributed by atoms with van der Waals surface area (Å²) in [7, 11) is 0. The first-order valence-electron chi connectivity index (χ1n) is 6.83. The molecule has 0 saturated carbocycles. The van der Waals surface area contributed by atoms with Gasteiger partial charge in [0.1, 0.15) is 5.75 Å². The predicted molar refractivity (Wildman–Crippen MR) is 85.5 cm³/mol. The molecule has 5 heteroatoms. The summed E-state index contributed by atoms with van der Waals surface area (Å²) in [5.41, 5.74) is 8.47. The van der Waals surface area contributed by atoms with Crippen molar-refractivity contribution in [2.24, 2.45) is 0 Å². The van der Waals surface area contributed by atoms with Gasteiger partial charge in [0.2, 0.25) is 0 Å². The number of anilines is 2. The molecule has 0 aliphatic carbocycles. The molecule has 2 rings (SSSR count). The van der Waals surface area contributed by atoms with Crippen LogP contribution in [0.4, 0.5) is 11.4 Å². The molecule has 112 valence electrons. The molecule has 0 aliphatic rings. The Kier molecular flexibility index (Phi) is 4.64. The Morgan fingerprint density at radius 1 is 1.27 bits per heavy atom. The van der Waals surface area contributed by atoms with Crippen molar-refractivity contribution in [2.45, 2.75) is 20.0 Å². The quantitative estimate of drug-likeness (QED) is 0.849. The summed E-state index contributed by atoms with van der Waals surface area (Å²) in [5.74, 6) is 0.285. The van der Waals surface area contributed by atoms with Crippen LogP contribution in [0.25, 0.3) is 0 Å². The van der Waals surface area contributed by atoms with E-state index in [1.54, 1.807) is 49.4 Å². The first-order chi connectivity index (χ1) is 10.5. The number of aryl methyl sites for hydroxylation is 1. The lowest BCUT2D eigenvalue weighted by Crippen LogP contribution is -2.30. The monoisotopic (exact) mass is 295 g/mol. The molecule has 0 radical (unpaired) electrons. The second-order valence-corrected chi connectivity index (χ2v) is 4.96. The highest BCUT2D eigenvalue weighted by molar-refractivity contribution is 5.94. The van der Waals surface area contributed by atoms with E-state index in [1.807, 2.05) is 13.0 Å². The van der Waals surface area contributed by atoms with Gasteiger partial charge in [-0.3, -0.25) is 4.79 Å². The van der Waals surface area contributed by atoms with Gasteiger partial charge in [-0.2, -0.15) is 5.26 Å². The Morgan fingerprint density at radius 3 is 2.55 bits per heavy atom. The van der Waals surface area contributed by atoms with Crippen molar-refractivity contribution in [3.63, 3.8) is 0 Å². The zero-order valence-corrected chi connectivity index (χ0v) is 12.5. The average Bonchev–Trinajstić information content (AvgIpc) is 2.50. The smallest absolute Gasteiger partial charge is 0.265 e. The molecule has 1 atom stereocenters. The maximum atomic E-state index is 12.2. The van der Waals surface area contributed by atoms with Crippen molar-refractivity contribution in [1.29, 1.82) is 5.26 Å². The van der Waals surface area contributed by atoms with E-state index in [4.69, 9.17) is 15.7 Å². The lowest BCUT2D eigenvalue weighted by atomic mass is 10.1. The third-order valence-electron chi connectivity index (χ3n) is 3.17. The maximum Gasteiger partial charge on any atom is 0.265 e. The fourth-order valence-electron chi connectivity index (χ4n) is 1.93. The van der Waals surface area contributed by atoms with E-state index in [9.17, 15) is 4.79 Å². The normalized spacial score (nSPS) is 11.3. The van der Waals surface area contributed by atoms with Crippen molar-refractivity contribution < 1.29 is 9.53 Å². The number of hydrogen-bond acceptors (Lipinski definition) is 4. The number of nitrogens with two attached hydrogens (primary N) is 1. The van der Waals surface area contributed by atoms with Crippen LogP contribution in [0.3, 0.4) is 0 Å². The number of carbonyl (C=O) groups excluding carboxylic acids is 1. The van der Waals surface area contributed by atoms with Gasteiger partial charge in [0.05, 0.1) is 11.6 Å². The largest absolute Gasteiger partial charge is 0.481 e. The average molecular weight is 295 g/mol. The van der Waals surface area contributed by atoms with Crippen LogP contribution in [-0.2, 0) is 4.79 Å². The minimum atomic E-state index is -0.662. The number of nitrogen functional groups attached to an aromatic ring is 1. The van der Waals surface area contributed by atoms with Crippen LogP contribution >= 0.6 is 0 Å². The zero-order valence-electron chi connectivity index (χ0n) is 12.5. The minimum absolute atomic E-state index is 0.253. The van der Waals surface area contributed by atoms with Gasteiger partial charge in [0.25, 0.3) is 5.91 Å². The summed E-state index contributed by atoms with van der Waals surface area (Å²) in [6.45, 7) is 3.54. The number of nitrogens with zero attached hydrogens (tertiary/aromatic N) is 1. The molecule has 1 amide bonds. The van der Waals surface area contributed by atoms with Crippen molar-refractivity contribution >= 4 is 17.3 Å². The van der Waals surface area contributed by atoms with Crippen LogP contribution < -0.4 is 15.8 Å². The minimum Gasteiger partial charge on any atom is -0.481 e. The fourth-order valence-corrected chi connectivity index (χ4v) is 1.93. The maximum absolute atomic E-state index is 12.2. The van der Waals surface area contributed by atoms with Crippen molar-refractivity contribution in [3.8, 4) is 11.8 Å². The molecule has 2 aromatic carbocycles. The van der Waals surface area contributed by atoms with Crippen LogP contribution in [0, 0.1) is 18.3 Å². The van der Waals surface area contributed by atoms with Gasteiger partial charge < -0.3 is 15.8 Å². The number of amides is 1. The zero-order chi connectivity index (χ0) is 16.1. The SMILES string of the molecule is Cc1cc(N)ccc1NC(=O)C(C)Oc1ccc(C#N)cc1. The highest BCUT2D eigenvalue weighted by Gasteiger charge is 2.15. The molecule has 0 saturated heterocycles. The fraction of sp³-hybridized carbons (Fsp3) is 0.176. The Hall–Kier alpha value is -3.00. The van der Waals surface area contributed by atoms with E-state index in [-0.39, 0.29) is 5.91 Å². The summed E-state index contributed by atoms with van der Waals surface area (Å²) in [4.78, 5) is 12.2. The Labute approximate surface area is 129 Å². The lowest BCUT2D eigenvalue weighted by Gasteiger charge is -2.16. The Balaban J connectivity index is 2.01. The molecule has 0 spiro atoms. The summed E-state index contributed by atoms with van der Waals surface area (Å²) in [5, 5.41) is 11.6. The first kappa shape index (κ1) is 15.4. The molecule has 0 aliphatic heterocycles. The molecule has 22 heavy (non-hydrogen) atoms. The van der Waals surface area contributed by atoms with Crippen molar-refractivity contribution in [3.05, 3.63) is 53.6 Å². The Morgan fingerprint density at radius 2 is 1.95 bits per heavy atom. The molecule has 3 N–H and O–H groups in total. The highest BCUT2D eigenvalue weighted by atomic mass is 16.5. The number of ether oxygens (including phenoxy) is 1. The van der Waals surface area contributed by atoms with E-state index in [1.165, 1.54) is 0 Å². The number of benzene rings is 2. The van der Waals surface area contributed by atoms with E-state index < -0.39 is 6.10 Å². The molecule has 5 nitrogen and oxygen atoms in total.